The van der Waals surface area contributed by atoms with Gasteiger partial charge < -0.3 is 0 Å². The summed E-state index contributed by atoms with van der Waals surface area (Å²) in [7, 11) is 0. The highest BCUT2D eigenvalue weighted by Crippen LogP contribution is 2.30. The molecule has 0 radical (unpaired) electrons. The Balaban J connectivity index is 1.51. The molecular weight excluding hydrogens is 415 g/mol. The van der Waals surface area contributed by atoms with Crippen LogP contribution < -0.4 is 0 Å². The van der Waals surface area contributed by atoms with E-state index >= 15 is 4.39 Å². The summed E-state index contributed by atoms with van der Waals surface area (Å²) in [6, 6.07) is 26.4. The number of hydrogen-bond acceptors (Lipinski definition) is 0. The minimum Gasteiger partial charge on any atom is -0.206 e. The summed E-state index contributed by atoms with van der Waals surface area (Å²) < 4.78 is 15.4. The fourth-order valence-corrected chi connectivity index (χ4v) is 4.30. The minimum absolute atomic E-state index is 0.169. The maximum atomic E-state index is 15.4. The largest absolute Gasteiger partial charge is 0.206 e. The van der Waals surface area contributed by atoms with Crippen molar-refractivity contribution < 1.29 is 4.39 Å². The molecule has 0 aliphatic rings. The monoisotopic (exact) mass is 448 g/mol. The fourth-order valence-electron chi connectivity index (χ4n) is 4.30. The lowest BCUT2D eigenvalue weighted by Crippen LogP contribution is -1.89. The third-order valence-electron chi connectivity index (χ3n) is 6.41. The minimum atomic E-state index is -0.169. The van der Waals surface area contributed by atoms with Crippen LogP contribution in [0.25, 0.3) is 21.9 Å². The Hall–Kier alpha value is -3.37. The lowest BCUT2D eigenvalue weighted by atomic mass is 9.97. The Bertz CT molecular complexity index is 1280. The van der Waals surface area contributed by atoms with E-state index in [2.05, 4.69) is 62.1 Å². The average Bonchev–Trinajstić information content (AvgIpc) is 2.88. The van der Waals surface area contributed by atoms with Gasteiger partial charge in [-0.2, -0.15) is 0 Å². The molecule has 0 saturated carbocycles. The zero-order valence-electron chi connectivity index (χ0n) is 20.3. The van der Waals surface area contributed by atoms with Gasteiger partial charge in [0.05, 0.1) is 0 Å². The third kappa shape index (κ3) is 5.95. The molecule has 0 fully saturated rings. The van der Waals surface area contributed by atoms with E-state index in [9.17, 15) is 0 Å². The predicted octanol–water partition coefficient (Wildman–Crippen LogP) is 9.12. The van der Waals surface area contributed by atoms with Crippen LogP contribution in [0.4, 0.5) is 4.39 Å². The first kappa shape index (κ1) is 23.8. The van der Waals surface area contributed by atoms with Gasteiger partial charge in [-0.25, -0.2) is 4.39 Å². The first-order valence-electron chi connectivity index (χ1n) is 12.6. The van der Waals surface area contributed by atoms with Gasteiger partial charge >= 0.3 is 0 Å². The van der Waals surface area contributed by atoms with Crippen molar-refractivity contribution in [2.75, 3.05) is 0 Å². The quantitative estimate of drug-likeness (QED) is 0.186. The lowest BCUT2D eigenvalue weighted by molar-refractivity contribution is 0.643. The number of benzene rings is 4. The number of aryl methyl sites for hydroxylation is 2. The zero-order valence-corrected chi connectivity index (χ0v) is 20.3. The highest BCUT2D eigenvalue weighted by molar-refractivity contribution is 5.89. The normalized spacial score (nSPS) is 10.8. The van der Waals surface area contributed by atoms with Gasteiger partial charge in [0, 0.05) is 22.1 Å². The van der Waals surface area contributed by atoms with Crippen LogP contribution in [0.5, 0.6) is 0 Å². The molecule has 4 aromatic carbocycles. The molecule has 0 aliphatic heterocycles. The first-order chi connectivity index (χ1) is 16.7. The summed E-state index contributed by atoms with van der Waals surface area (Å²) in [5.74, 6) is 6.32. The summed E-state index contributed by atoms with van der Waals surface area (Å²) in [5, 5.41) is 1.51. The van der Waals surface area contributed by atoms with Crippen LogP contribution in [0.2, 0.25) is 0 Å². The van der Waals surface area contributed by atoms with Gasteiger partial charge in [0.15, 0.2) is 0 Å². The Morgan fingerprint density at radius 1 is 0.618 bits per heavy atom. The smallest absolute Gasteiger partial charge is 0.138 e. The molecule has 34 heavy (non-hydrogen) atoms. The van der Waals surface area contributed by atoms with Crippen molar-refractivity contribution in [2.45, 2.75) is 58.8 Å². The molecule has 0 spiro atoms. The zero-order chi connectivity index (χ0) is 23.8. The second-order valence-electron chi connectivity index (χ2n) is 9.07. The highest BCUT2D eigenvalue weighted by Gasteiger charge is 2.10. The van der Waals surface area contributed by atoms with E-state index in [4.69, 9.17) is 0 Å². The Morgan fingerprint density at radius 2 is 1.24 bits per heavy atom. The molecular formula is C33H33F. The SMILES string of the molecule is CCCCCc1ccc(C#Cc2ccc3c(F)c(-c4ccc(CCCC)cc4)ccc3c2)cc1. The van der Waals surface area contributed by atoms with Gasteiger partial charge in [-0.3, -0.25) is 0 Å². The standard InChI is InChI=1S/C33H33F/c1-3-5-7-9-26-10-12-27(13-11-26)14-15-28-18-22-32-30(24-28)21-23-31(33(32)34)29-19-16-25(17-20-29)8-6-4-2/h10-13,16-24H,3-9H2,1-2H3. The van der Waals surface area contributed by atoms with Crippen LogP contribution in [0.3, 0.4) is 0 Å². The molecule has 0 unspecified atom stereocenters. The van der Waals surface area contributed by atoms with E-state index < -0.39 is 0 Å². The van der Waals surface area contributed by atoms with Crippen molar-refractivity contribution in [2.24, 2.45) is 0 Å². The Kier molecular flexibility index (Phi) is 8.16. The summed E-state index contributed by atoms with van der Waals surface area (Å²) in [6.45, 7) is 4.42. The molecule has 0 saturated heterocycles. The molecule has 0 atom stereocenters. The Labute approximate surface area is 203 Å². The molecule has 4 rings (SSSR count). The van der Waals surface area contributed by atoms with Gasteiger partial charge in [0.25, 0.3) is 0 Å². The number of rotatable bonds is 8. The van der Waals surface area contributed by atoms with Crippen LogP contribution in [0.1, 0.15) is 68.2 Å². The van der Waals surface area contributed by atoms with Crippen molar-refractivity contribution in [1.82, 2.24) is 0 Å². The van der Waals surface area contributed by atoms with Crippen LogP contribution >= 0.6 is 0 Å². The second-order valence-corrected chi connectivity index (χ2v) is 9.07. The van der Waals surface area contributed by atoms with Crippen molar-refractivity contribution >= 4 is 10.8 Å². The van der Waals surface area contributed by atoms with Crippen molar-refractivity contribution in [3.8, 4) is 23.0 Å². The van der Waals surface area contributed by atoms with Crippen LogP contribution in [-0.2, 0) is 12.8 Å². The summed E-state index contributed by atoms with van der Waals surface area (Å²) in [6.07, 6.45) is 8.32. The Morgan fingerprint density at radius 3 is 1.94 bits per heavy atom. The van der Waals surface area contributed by atoms with E-state index in [-0.39, 0.29) is 5.82 Å². The van der Waals surface area contributed by atoms with Crippen LogP contribution in [-0.4, -0.2) is 0 Å². The van der Waals surface area contributed by atoms with Crippen molar-refractivity contribution in [3.05, 3.63) is 107 Å². The highest BCUT2D eigenvalue weighted by atomic mass is 19.1. The van der Waals surface area contributed by atoms with E-state index in [1.165, 1.54) is 43.2 Å². The molecule has 1 heteroatoms. The lowest BCUT2D eigenvalue weighted by Gasteiger charge is -2.09. The number of hydrogen-bond donors (Lipinski definition) is 0. The van der Waals surface area contributed by atoms with Gasteiger partial charge in [-0.15, -0.1) is 0 Å². The number of halogens is 1. The molecule has 0 bridgehead atoms. The molecule has 0 aromatic heterocycles. The first-order valence-corrected chi connectivity index (χ1v) is 12.6. The summed E-state index contributed by atoms with van der Waals surface area (Å²) >= 11 is 0. The number of fused-ring (bicyclic) bond motifs is 1. The molecule has 172 valence electrons. The summed E-state index contributed by atoms with van der Waals surface area (Å²) in [4.78, 5) is 0. The van der Waals surface area contributed by atoms with Crippen molar-refractivity contribution in [3.63, 3.8) is 0 Å². The fraction of sp³-hybridized carbons (Fsp3) is 0.273. The molecule has 0 aliphatic carbocycles. The average molecular weight is 449 g/mol. The van der Waals surface area contributed by atoms with Gasteiger partial charge in [-0.1, -0.05) is 99.5 Å². The van der Waals surface area contributed by atoms with Gasteiger partial charge in [0.1, 0.15) is 5.82 Å². The third-order valence-corrected chi connectivity index (χ3v) is 6.41. The number of unbranched alkanes of at least 4 members (excludes halogenated alkanes) is 3. The predicted molar refractivity (Wildman–Crippen MR) is 144 cm³/mol. The van der Waals surface area contributed by atoms with E-state index in [0.29, 0.717) is 10.9 Å². The van der Waals surface area contributed by atoms with E-state index in [1.807, 2.05) is 42.5 Å². The second kappa shape index (κ2) is 11.7. The van der Waals surface area contributed by atoms with Gasteiger partial charge in [-0.05, 0) is 72.0 Å². The molecule has 0 nitrogen and oxygen atoms in total. The molecule has 0 N–H and O–H groups in total. The maximum Gasteiger partial charge on any atom is 0.138 e. The van der Waals surface area contributed by atoms with E-state index in [1.54, 1.807) is 0 Å². The van der Waals surface area contributed by atoms with Crippen LogP contribution in [0.15, 0.2) is 78.9 Å². The topological polar surface area (TPSA) is 0 Å². The van der Waals surface area contributed by atoms with Crippen molar-refractivity contribution in [1.29, 1.82) is 0 Å². The molecule has 4 aromatic rings. The molecule has 0 heterocycles. The maximum absolute atomic E-state index is 15.4. The van der Waals surface area contributed by atoms with E-state index in [0.717, 1.165) is 34.9 Å². The molecule has 0 amide bonds. The van der Waals surface area contributed by atoms with Gasteiger partial charge in [0.2, 0.25) is 0 Å². The summed E-state index contributed by atoms with van der Waals surface area (Å²) in [5.41, 5.74) is 6.14. The van der Waals surface area contributed by atoms with Crippen LogP contribution in [0, 0.1) is 17.7 Å².